The van der Waals surface area contributed by atoms with Gasteiger partial charge in [-0.15, -0.1) is 0 Å². The first-order valence-electron chi connectivity index (χ1n) is 8.60. The maximum Gasteiger partial charge on any atom is 0.407 e. The van der Waals surface area contributed by atoms with Crippen molar-refractivity contribution in [2.45, 2.75) is 24.8 Å². The Hall–Kier alpha value is -2.82. The molecule has 1 atom stereocenters. The van der Waals surface area contributed by atoms with Crippen molar-refractivity contribution in [1.82, 2.24) is 14.9 Å². The maximum atomic E-state index is 11.4. The number of nitrogens with one attached hydrogen (secondary N) is 1. The Bertz CT molecular complexity index is 1010. The van der Waals surface area contributed by atoms with Gasteiger partial charge in [0.1, 0.15) is 6.61 Å². The van der Waals surface area contributed by atoms with E-state index < -0.39 is 0 Å². The van der Waals surface area contributed by atoms with Crippen LogP contribution in [0.5, 0.6) is 0 Å². The van der Waals surface area contributed by atoms with Crippen LogP contribution in [0.3, 0.4) is 0 Å². The first-order chi connectivity index (χ1) is 12.1. The lowest BCUT2D eigenvalue weighted by molar-refractivity contribution is 0.170. The highest BCUT2D eigenvalue weighted by Crippen LogP contribution is 2.34. The summed E-state index contributed by atoms with van der Waals surface area (Å²) in [5.74, 6) is 0. The number of imidazole rings is 1. The molecule has 0 radical (unpaired) electrons. The Balaban J connectivity index is 1.50. The number of carbonyl (C=O) groups is 1. The molecule has 1 amide bonds. The van der Waals surface area contributed by atoms with Crippen LogP contribution < -0.4 is 5.32 Å². The lowest BCUT2D eigenvalue weighted by Crippen LogP contribution is -2.48. The van der Waals surface area contributed by atoms with Gasteiger partial charge in [-0.1, -0.05) is 24.3 Å². The van der Waals surface area contributed by atoms with E-state index in [0.29, 0.717) is 6.61 Å². The van der Waals surface area contributed by atoms with Crippen LogP contribution in [0.15, 0.2) is 42.7 Å². The molecule has 1 aliphatic carbocycles. The van der Waals surface area contributed by atoms with Crippen molar-refractivity contribution < 1.29 is 9.53 Å². The van der Waals surface area contributed by atoms with Crippen molar-refractivity contribution in [2.24, 2.45) is 7.05 Å². The zero-order chi connectivity index (χ0) is 17.0. The fraction of sp³-hybridized carbons (Fsp3) is 0.300. The van der Waals surface area contributed by atoms with Crippen molar-refractivity contribution in [1.29, 1.82) is 0 Å². The maximum absolute atomic E-state index is 11.4. The molecular weight excluding hydrogens is 314 g/mol. The van der Waals surface area contributed by atoms with Crippen LogP contribution in [0, 0.1) is 0 Å². The Labute approximate surface area is 145 Å². The van der Waals surface area contributed by atoms with Crippen LogP contribution in [0.4, 0.5) is 4.79 Å². The fourth-order valence-electron chi connectivity index (χ4n) is 4.07. The van der Waals surface area contributed by atoms with Crippen molar-refractivity contribution in [3.05, 3.63) is 53.9 Å². The van der Waals surface area contributed by atoms with Crippen molar-refractivity contribution in [3.63, 3.8) is 0 Å². The van der Waals surface area contributed by atoms with Gasteiger partial charge in [0, 0.05) is 7.05 Å². The molecule has 1 unspecified atom stereocenters. The van der Waals surface area contributed by atoms with Gasteiger partial charge in [-0.2, -0.15) is 0 Å². The van der Waals surface area contributed by atoms with E-state index in [1.165, 1.54) is 22.3 Å². The van der Waals surface area contributed by atoms with Crippen LogP contribution in [0.1, 0.15) is 17.5 Å². The van der Waals surface area contributed by atoms with Gasteiger partial charge in [0.15, 0.2) is 0 Å². The second-order valence-electron chi connectivity index (χ2n) is 7.20. The number of aryl methyl sites for hydroxylation is 2. The average Bonchev–Trinajstić information content (AvgIpc) is 3.17. The van der Waals surface area contributed by atoms with Gasteiger partial charge < -0.3 is 14.6 Å². The third-order valence-corrected chi connectivity index (χ3v) is 5.51. The van der Waals surface area contributed by atoms with E-state index in [1.807, 2.05) is 17.9 Å². The quantitative estimate of drug-likeness (QED) is 0.744. The Morgan fingerprint density at radius 3 is 2.84 bits per heavy atom. The highest BCUT2D eigenvalue weighted by atomic mass is 16.6. The molecule has 1 N–H and O–H groups in total. The second-order valence-corrected chi connectivity index (χ2v) is 7.20. The average molecular weight is 333 g/mol. The predicted octanol–water partition coefficient (Wildman–Crippen LogP) is 3.21. The summed E-state index contributed by atoms with van der Waals surface area (Å²) in [6, 6.07) is 13.1. The van der Waals surface area contributed by atoms with E-state index in [1.54, 1.807) is 0 Å². The standard InChI is InChI=1S/C20H19N3O2/c1-23-12-21-17-5-4-14(9-18(17)23)13-2-3-16-10-20(7-6-15(16)8-13)11-25-19(24)22-20/h2-5,8-9,12H,6-7,10-11H2,1H3,(H,22,24). The van der Waals surface area contributed by atoms with Gasteiger partial charge in [0.25, 0.3) is 0 Å². The van der Waals surface area contributed by atoms with E-state index in [0.717, 1.165) is 30.3 Å². The molecule has 3 aromatic rings. The Morgan fingerprint density at radius 2 is 2.00 bits per heavy atom. The van der Waals surface area contributed by atoms with Crippen LogP contribution in [-0.4, -0.2) is 27.8 Å². The van der Waals surface area contributed by atoms with Crippen molar-refractivity contribution >= 4 is 17.1 Å². The predicted molar refractivity (Wildman–Crippen MR) is 95.4 cm³/mol. The lowest BCUT2D eigenvalue weighted by Gasteiger charge is -2.32. The highest BCUT2D eigenvalue weighted by molar-refractivity contribution is 5.82. The normalized spacial score (nSPS) is 22.0. The minimum atomic E-state index is -0.287. The third-order valence-electron chi connectivity index (χ3n) is 5.51. The fourth-order valence-corrected chi connectivity index (χ4v) is 4.07. The monoisotopic (exact) mass is 333 g/mol. The minimum absolute atomic E-state index is 0.209. The number of benzene rings is 2. The van der Waals surface area contributed by atoms with Gasteiger partial charge in [-0.3, -0.25) is 0 Å². The van der Waals surface area contributed by atoms with E-state index in [2.05, 4.69) is 46.7 Å². The number of nitrogens with zero attached hydrogens (tertiary/aromatic N) is 2. The molecule has 2 heterocycles. The number of rotatable bonds is 1. The van der Waals surface area contributed by atoms with Gasteiger partial charge in [0.05, 0.1) is 22.9 Å². The number of aromatic nitrogens is 2. The number of hydrogen-bond donors (Lipinski definition) is 1. The number of amides is 1. The lowest BCUT2D eigenvalue weighted by atomic mass is 9.78. The summed E-state index contributed by atoms with van der Waals surface area (Å²) in [5.41, 5.74) is 7.06. The minimum Gasteiger partial charge on any atom is -0.447 e. The SMILES string of the molecule is Cn1cnc2ccc(-c3ccc4c(c3)CCC3(COC(=O)N3)C4)cc21. The van der Waals surface area contributed by atoms with Crippen LogP contribution in [0.2, 0.25) is 0 Å². The van der Waals surface area contributed by atoms with Crippen LogP contribution >= 0.6 is 0 Å². The molecule has 5 nitrogen and oxygen atoms in total. The number of hydrogen-bond acceptors (Lipinski definition) is 3. The van der Waals surface area contributed by atoms with E-state index in [9.17, 15) is 4.79 Å². The number of alkyl carbamates (subject to hydrolysis) is 1. The molecule has 1 aromatic heterocycles. The third kappa shape index (κ3) is 2.30. The first kappa shape index (κ1) is 14.5. The molecule has 2 aromatic carbocycles. The molecule has 5 rings (SSSR count). The molecule has 1 fully saturated rings. The Kier molecular flexibility index (Phi) is 2.95. The van der Waals surface area contributed by atoms with Gasteiger partial charge in [-0.05, 0) is 53.6 Å². The first-order valence-corrected chi connectivity index (χ1v) is 8.60. The van der Waals surface area contributed by atoms with Gasteiger partial charge >= 0.3 is 6.09 Å². The van der Waals surface area contributed by atoms with E-state index in [4.69, 9.17) is 4.74 Å². The number of carbonyl (C=O) groups excluding carboxylic acids is 1. The summed E-state index contributed by atoms with van der Waals surface area (Å²) in [6.45, 7) is 0.476. The summed E-state index contributed by atoms with van der Waals surface area (Å²) in [5, 5.41) is 3.01. The molecule has 2 aliphatic rings. The number of cyclic esters (lactones) is 1. The molecule has 1 spiro atoms. The zero-order valence-corrected chi connectivity index (χ0v) is 14.1. The van der Waals surface area contributed by atoms with Crippen LogP contribution in [0.25, 0.3) is 22.2 Å². The van der Waals surface area contributed by atoms with E-state index >= 15 is 0 Å². The molecular formula is C20H19N3O2. The van der Waals surface area contributed by atoms with Gasteiger partial charge in [0.2, 0.25) is 0 Å². The number of fused-ring (bicyclic) bond motifs is 2. The smallest absolute Gasteiger partial charge is 0.407 e. The second kappa shape index (κ2) is 5.09. The summed E-state index contributed by atoms with van der Waals surface area (Å²) < 4.78 is 7.19. The number of ether oxygens (including phenoxy) is 1. The molecule has 5 heteroatoms. The highest BCUT2D eigenvalue weighted by Gasteiger charge is 2.41. The summed E-state index contributed by atoms with van der Waals surface area (Å²) in [4.78, 5) is 15.8. The Morgan fingerprint density at radius 1 is 1.16 bits per heavy atom. The molecule has 25 heavy (non-hydrogen) atoms. The van der Waals surface area contributed by atoms with Crippen LogP contribution in [-0.2, 0) is 24.6 Å². The topological polar surface area (TPSA) is 56.2 Å². The largest absolute Gasteiger partial charge is 0.447 e. The summed E-state index contributed by atoms with van der Waals surface area (Å²) in [7, 11) is 2.02. The molecule has 1 aliphatic heterocycles. The molecule has 0 saturated carbocycles. The zero-order valence-electron chi connectivity index (χ0n) is 14.1. The summed E-state index contributed by atoms with van der Waals surface area (Å²) >= 11 is 0. The molecule has 126 valence electrons. The molecule has 1 saturated heterocycles. The van der Waals surface area contributed by atoms with Gasteiger partial charge in [-0.25, -0.2) is 9.78 Å². The molecule has 0 bridgehead atoms. The van der Waals surface area contributed by atoms with Crippen molar-refractivity contribution in [2.75, 3.05) is 6.61 Å². The van der Waals surface area contributed by atoms with Crippen molar-refractivity contribution in [3.8, 4) is 11.1 Å². The summed E-state index contributed by atoms with van der Waals surface area (Å²) in [6.07, 6.45) is 4.29. The van der Waals surface area contributed by atoms with E-state index in [-0.39, 0.29) is 11.6 Å².